The lowest BCUT2D eigenvalue weighted by atomic mass is 10.1. The second-order valence-electron chi connectivity index (χ2n) is 5.50. The molecule has 0 radical (unpaired) electrons. The molecule has 1 amide bonds. The van der Waals surface area contributed by atoms with Crippen LogP contribution in [0.1, 0.15) is 23.7 Å². The van der Waals surface area contributed by atoms with E-state index in [4.69, 9.17) is 0 Å². The average Bonchev–Trinajstić information content (AvgIpc) is 3.02. The summed E-state index contributed by atoms with van der Waals surface area (Å²) in [7, 11) is 3.57. The fraction of sp³-hybridized carbons (Fsp3) is 0.533. The van der Waals surface area contributed by atoms with Gasteiger partial charge in [0.15, 0.2) is 0 Å². The fourth-order valence-electron chi connectivity index (χ4n) is 2.80. The third-order valence-electron chi connectivity index (χ3n) is 4.29. The summed E-state index contributed by atoms with van der Waals surface area (Å²) in [5.41, 5.74) is 0.880. The smallest absolute Gasteiger partial charge is 0.293 e. The van der Waals surface area contributed by atoms with E-state index >= 15 is 0 Å². The van der Waals surface area contributed by atoms with E-state index in [1.54, 1.807) is 12.1 Å². The molecule has 0 aliphatic carbocycles. The van der Waals surface area contributed by atoms with Crippen LogP contribution in [0.5, 0.6) is 0 Å². The average molecular weight is 306 g/mol. The number of carbonyl (C=O) groups excluding carboxylic acids is 1. The third kappa shape index (κ3) is 3.19. The van der Waals surface area contributed by atoms with Crippen molar-refractivity contribution < 1.29 is 9.72 Å². The van der Waals surface area contributed by atoms with Crippen LogP contribution in [0, 0.1) is 10.1 Å². The van der Waals surface area contributed by atoms with Gasteiger partial charge < -0.3 is 15.1 Å². The summed E-state index contributed by atoms with van der Waals surface area (Å²) in [5, 5.41) is 13.8. The van der Waals surface area contributed by atoms with Crippen molar-refractivity contribution in [1.29, 1.82) is 0 Å². The largest absolute Gasteiger partial charge is 0.364 e. The van der Waals surface area contributed by atoms with Crippen molar-refractivity contribution in [3.05, 3.63) is 33.9 Å². The Balaban J connectivity index is 2.28. The summed E-state index contributed by atoms with van der Waals surface area (Å²) in [6, 6.07) is 5.07. The molecule has 1 aliphatic rings. The molecular formula is C15H22N4O3. The van der Waals surface area contributed by atoms with Crippen molar-refractivity contribution in [2.75, 3.05) is 38.6 Å². The molecule has 1 N–H and O–H groups in total. The number of rotatable bonds is 5. The van der Waals surface area contributed by atoms with Crippen molar-refractivity contribution in [3.8, 4) is 0 Å². The second-order valence-corrected chi connectivity index (χ2v) is 5.50. The van der Waals surface area contributed by atoms with E-state index in [9.17, 15) is 14.9 Å². The lowest BCUT2D eigenvalue weighted by molar-refractivity contribution is -0.384. The number of benzene rings is 1. The summed E-state index contributed by atoms with van der Waals surface area (Å²) in [5.74, 6) is -0.320. The van der Waals surface area contributed by atoms with Gasteiger partial charge in [-0.2, -0.15) is 0 Å². The Morgan fingerprint density at radius 2 is 2.27 bits per heavy atom. The van der Waals surface area contributed by atoms with Crippen molar-refractivity contribution in [2.24, 2.45) is 0 Å². The molecule has 22 heavy (non-hydrogen) atoms. The van der Waals surface area contributed by atoms with Crippen LogP contribution in [0.25, 0.3) is 0 Å². The highest BCUT2D eigenvalue weighted by atomic mass is 16.6. The molecule has 0 saturated carbocycles. The third-order valence-corrected chi connectivity index (χ3v) is 4.29. The molecule has 1 aromatic carbocycles. The van der Waals surface area contributed by atoms with E-state index in [1.165, 1.54) is 13.1 Å². The van der Waals surface area contributed by atoms with Crippen LogP contribution in [0.2, 0.25) is 0 Å². The molecular weight excluding hydrogens is 284 g/mol. The molecule has 0 bridgehead atoms. The van der Waals surface area contributed by atoms with E-state index in [1.807, 2.05) is 4.90 Å². The zero-order chi connectivity index (χ0) is 16.3. The van der Waals surface area contributed by atoms with Gasteiger partial charge in [0.25, 0.3) is 11.6 Å². The molecule has 1 atom stereocenters. The minimum atomic E-state index is -0.418. The number of nitro benzene ring substituents is 1. The van der Waals surface area contributed by atoms with Crippen molar-refractivity contribution >= 4 is 17.3 Å². The Labute approximate surface area is 130 Å². The lowest BCUT2D eigenvalue weighted by Crippen LogP contribution is -2.34. The maximum Gasteiger partial charge on any atom is 0.293 e. The summed E-state index contributed by atoms with van der Waals surface area (Å²) in [6.07, 6.45) is 0.985. The van der Waals surface area contributed by atoms with Gasteiger partial charge >= 0.3 is 0 Å². The molecule has 2 rings (SSSR count). The van der Waals surface area contributed by atoms with Crippen molar-refractivity contribution in [1.82, 2.24) is 10.2 Å². The van der Waals surface area contributed by atoms with Crippen LogP contribution < -0.4 is 10.2 Å². The number of anilines is 1. The van der Waals surface area contributed by atoms with Crippen LogP contribution in [-0.2, 0) is 0 Å². The number of carbonyl (C=O) groups is 1. The highest BCUT2D eigenvalue weighted by Crippen LogP contribution is 2.32. The number of nitro groups is 1. The number of amides is 1. The van der Waals surface area contributed by atoms with Crippen LogP contribution in [0.3, 0.4) is 0 Å². The summed E-state index contributed by atoms with van der Waals surface area (Å²) in [4.78, 5) is 26.9. The Hall–Kier alpha value is -2.15. The van der Waals surface area contributed by atoms with Gasteiger partial charge in [-0.3, -0.25) is 14.9 Å². The standard InChI is InChI=1S/C15H22N4O3/c1-4-17(3)12-7-8-18(10-12)13-6-5-11(15(20)16-2)9-14(13)19(21)22/h5-6,9,12H,4,7-8,10H2,1-3H3,(H,16,20). The molecule has 1 fully saturated rings. The molecule has 7 heteroatoms. The Bertz CT molecular complexity index is 576. The molecule has 1 heterocycles. The molecule has 1 aliphatic heterocycles. The van der Waals surface area contributed by atoms with E-state index in [2.05, 4.69) is 24.2 Å². The first-order valence-electron chi connectivity index (χ1n) is 7.43. The van der Waals surface area contributed by atoms with Gasteiger partial charge in [-0.05, 0) is 32.1 Å². The zero-order valence-electron chi connectivity index (χ0n) is 13.2. The second kappa shape index (κ2) is 6.74. The maximum atomic E-state index is 11.6. The summed E-state index contributed by atoms with van der Waals surface area (Å²) in [6.45, 7) is 4.61. The monoisotopic (exact) mass is 306 g/mol. The molecule has 1 aromatic rings. The molecule has 120 valence electrons. The van der Waals surface area contributed by atoms with E-state index < -0.39 is 4.92 Å². The quantitative estimate of drug-likeness (QED) is 0.658. The van der Waals surface area contributed by atoms with Crippen molar-refractivity contribution in [2.45, 2.75) is 19.4 Å². The van der Waals surface area contributed by atoms with E-state index in [0.717, 1.165) is 26.1 Å². The van der Waals surface area contributed by atoms with Gasteiger partial charge in [0, 0.05) is 37.8 Å². The molecule has 0 aromatic heterocycles. The topological polar surface area (TPSA) is 78.7 Å². The predicted molar refractivity (Wildman–Crippen MR) is 85.4 cm³/mol. The fourth-order valence-corrected chi connectivity index (χ4v) is 2.80. The normalized spacial score (nSPS) is 17.8. The minimum absolute atomic E-state index is 0.0131. The number of likely N-dealkylation sites (N-methyl/N-ethyl adjacent to an activating group) is 1. The molecule has 1 saturated heterocycles. The number of hydrogen-bond donors (Lipinski definition) is 1. The van der Waals surface area contributed by atoms with E-state index in [-0.39, 0.29) is 11.6 Å². The molecule has 7 nitrogen and oxygen atoms in total. The number of nitrogens with zero attached hydrogens (tertiary/aromatic N) is 3. The first kappa shape index (κ1) is 16.2. The lowest BCUT2D eigenvalue weighted by Gasteiger charge is -2.24. The van der Waals surface area contributed by atoms with Gasteiger partial charge in [-0.15, -0.1) is 0 Å². The van der Waals surface area contributed by atoms with E-state index in [0.29, 0.717) is 17.3 Å². The first-order chi connectivity index (χ1) is 10.5. The predicted octanol–water partition coefficient (Wildman–Crippen LogP) is 1.48. The van der Waals surface area contributed by atoms with Crippen LogP contribution in [0.15, 0.2) is 18.2 Å². The van der Waals surface area contributed by atoms with Crippen LogP contribution in [-0.4, -0.2) is 55.5 Å². The Morgan fingerprint density at radius 3 is 2.86 bits per heavy atom. The minimum Gasteiger partial charge on any atom is -0.364 e. The maximum absolute atomic E-state index is 11.6. The summed E-state index contributed by atoms with van der Waals surface area (Å²) >= 11 is 0. The summed E-state index contributed by atoms with van der Waals surface area (Å²) < 4.78 is 0. The highest BCUT2D eigenvalue weighted by Gasteiger charge is 2.29. The SMILES string of the molecule is CCN(C)C1CCN(c2ccc(C(=O)NC)cc2[N+](=O)[O-])C1. The zero-order valence-corrected chi connectivity index (χ0v) is 13.2. The highest BCUT2D eigenvalue weighted by molar-refractivity contribution is 5.95. The molecule has 0 spiro atoms. The van der Waals surface area contributed by atoms with Gasteiger partial charge in [0.05, 0.1) is 4.92 Å². The first-order valence-corrected chi connectivity index (χ1v) is 7.43. The Kier molecular flexibility index (Phi) is 4.97. The van der Waals surface area contributed by atoms with Gasteiger partial charge in [-0.25, -0.2) is 0 Å². The van der Waals surface area contributed by atoms with Gasteiger partial charge in [0.1, 0.15) is 5.69 Å². The van der Waals surface area contributed by atoms with Crippen LogP contribution in [0.4, 0.5) is 11.4 Å². The Morgan fingerprint density at radius 1 is 1.55 bits per heavy atom. The van der Waals surface area contributed by atoms with Gasteiger partial charge in [0.2, 0.25) is 0 Å². The number of hydrogen-bond acceptors (Lipinski definition) is 5. The number of nitrogens with one attached hydrogen (secondary N) is 1. The molecule has 1 unspecified atom stereocenters. The van der Waals surface area contributed by atoms with Crippen LogP contribution >= 0.6 is 0 Å². The van der Waals surface area contributed by atoms with Gasteiger partial charge in [-0.1, -0.05) is 6.92 Å². The van der Waals surface area contributed by atoms with Crippen molar-refractivity contribution in [3.63, 3.8) is 0 Å².